The van der Waals surface area contributed by atoms with Crippen LogP contribution in [0.4, 0.5) is 0 Å². The first-order chi connectivity index (χ1) is 8.09. The zero-order chi connectivity index (χ0) is 12.4. The standard InChI is InChI=1S/C14H20BrNO.ClH/c1-9-6-7-11(12(15)8-9)13(16)14(17)10-4-2-3-5-10;/h6-8,10,13-14,17H,2-5,16H2,1H3;1H/t13-,14+;/m1./s1. The van der Waals surface area contributed by atoms with Crippen LogP contribution < -0.4 is 5.73 Å². The fourth-order valence-electron chi connectivity index (χ4n) is 2.68. The molecule has 1 aromatic carbocycles. The molecule has 0 aromatic heterocycles. The summed E-state index contributed by atoms with van der Waals surface area (Å²) in [4.78, 5) is 0. The summed E-state index contributed by atoms with van der Waals surface area (Å²) in [5, 5.41) is 10.3. The van der Waals surface area contributed by atoms with E-state index in [4.69, 9.17) is 5.73 Å². The summed E-state index contributed by atoms with van der Waals surface area (Å²) in [5.41, 5.74) is 8.40. The van der Waals surface area contributed by atoms with Crippen molar-refractivity contribution in [3.63, 3.8) is 0 Å². The second-order valence-corrected chi connectivity index (χ2v) is 5.94. The third-order valence-corrected chi connectivity index (χ3v) is 4.45. The number of aliphatic hydroxyl groups is 1. The Morgan fingerprint density at radius 3 is 2.50 bits per heavy atom. The average molecular weight is 335 g/mol. The number of rotatable bonds is 3. The van der Waals surface area contributed by atoms with E-state index in [2.05, 4.69) is 22.0 Å². The topological polar surface area (TPSA) is 46.2 Å². The maximum Gasteiger partial charge on any atom is 0.0761 e. The van der Waals surface area contributed by atoms with E-state index in [0.717, 1.165) is 22.9 Å². The molecule has 2 atom stereocenters. The van der Waals surface area contributed by atoms with Gasteiger partial charge >= 0.3 is 0 Å². The minimum absolute atomic E-state index is 0. The van der Waals surface area contributed by atoms with E-state index in [1.807, 2.05) is 19.1 Å². The molecule has 1 aliphatic rings. The van der Waals surface area contributed by atoms with Crippen LogP contribution in [0.3, 0.4) is 0 Å². The van der Waals surface area contributed by atoms with Crippen LogP contribution in [0.2, 0.25) is 0 Å². The van der Waals surface area contributed by atoms with Crippen molar-refractivity contribution in [1.29, 1.82) is 0 Å². The van der Waals surface area contributed by atoms with E-state index in [0.29, 0.717) is 5.92 Å². The number of hydrogen-bond donors (Lipinski definition) is 2. The Balaban J connectivity index is 0.00000162. The van der Waals surface area contributed by atoms with Crippen molar-refractivity contribution in [1.82, 2.24) is 0 Å². The molecule has 0 unspecified atom stereocenters. The second kappa shape index (κ2) is 6.90. The largest absolute Gasteiger partial charge is 0.391 e. The van der Waals surface area contributed by atoms with Crippen molar-refractivity contribution in [3.8, 4) is 0 Å². The number of halogens is 2. The molecule has 102 valence electrons. The van der Waals surface area contributed by atoms with Gasteiger partial charge in [-0.1, -0.05) is 40.9 Å². The number of aliphatic hydroxyl groups excluding tert-OH is 1. The summed E-state index contributed by atoms with van der Waals surface area (Å²) in [6, 6.07) is 5.83. The summed E-state index contributed by atoms with van der Waals surface area (Å²) in [7, 11) is 0. The number of hydrogen-bond acceptors (Lipinski definition) is 2. The Labute approximate surface area is 123 Å². The van der Waals surface area contributed by atoms with Crippen LogP contribution >= 0.6 is 28.3 Å². The molecule has 4 heteroatoms. The van der Waals surface area contributed by atoms with Crippen molar-refractivity contribution in [3.05, 3.63) is 33.8 Å². The fraction of sp³-hybridized carbons (Fsp3) is 0.571. The van der Waals surface area contributed by atoms with E-state index in [1.54, 1.807) is 0 Å². The van der Waals surface area contributed by atoms with E-state index < -0.39 is 6.10 Å². The van der Waals surface area contributed by atoms with Gasteiger partial charge in [0.15, 0.2) is 0 Å². The number of aryl methyl sites for hydroxylation is 1. The van der Waals surface area contributed by atoms with E-state index in [1.165, 1.54) is 18.4 Å². The van der Waals surface area contributed by atoms with Gasteiger partial charge in [-0.05, 0) is 42.9 Å². The second-order valence-electron chi connectivity index (χ2n) is 5.09. The smallest absolute Gasteiger partial charge is 0.0761 e. The summed E-state index contributed by atoms with van der Waals surface area (Å²) in [6.45, 7) is 2.05. The van der Waals surface area contributed by atoms with Crippen LogP contribution in [0.25, 0.3) is 0 Å². The summed E-state index contributed by atoms with van der Waals surface area (Å²) in [5.74, 6) is 0.373. The van der Waals surface area contributed by atoms with E-state index in [-0.39, 0.29) is 18.4 Å². The van der Waals surface area contributed by atoms with Crippen LogP contribution in [-0.2, 0) is 0 Å². The lowest BCUT2D eigenvalue weighted by Gasteiger charge is -2.25. The molecule has 3 N–H and O–H groups in total. The van der Waals surface area contributed by atoms with Gasteiger partial charge in [0.25, 0.3) is 0 Å². The van der Waals surface area contributed by atoms with Gasteiger partial charge in [0.2, 0.25) is 0 Å². The maximum atomic E-state index is 10.3. The molecule has 0 radical (unpaired) electrons. The molecule has 2 rings (SSSR count). The lowest BCUT2D eigenvalue weighted by atomic mass is 9.90. The van der Waals surface area contributed by atoms with Gasteiger partial charge in [0, 0.05) is 4.47 Å². The van der Waals surface area contributed by atoms with E-state index >= 15 is 0 Å². The Hall–Kier alpha value is -0.0900. The van der Waals surface area contributed by atoms with Crippen LogP contribution in [0.5, 0.6) is 0 Å². The van der Waals surface area contributed by atoms with Gasteiger partial charge in [0.05, 0.1) is 12.1 Å². The first kappa shape index (κ1) is 16.0. The highest BCUT2D eigenvalue weighted by Crippen LogP contribution is 2.34. The van der Waals surface area contributed by atoms with Crippen molar-refractivity contribution in [2.45, 2.75) is 44.8 Å². The molecule has 0 bridgehead atoms. The Morgan fingerprint density at radius 1 is 1.33 bits per heavy atom. The zero-order valence-corrected chi connectivity index (χ0v) is 13.0. The zero-order valence-electron chi connectivity index (χ0n) is 10.6. The first-order valence-corrected chi connectivity index (χ1v) is 7.08. The molecule has 0 spiro atoms. The molecule has 1 aliphatic carbocycles. The van der Waals surface area contributed by atoms with Gasteiger partial charge in [-0.15, -0.1) is 12.4 Å². The highest BCUT2D eigenvalue weighted by atomic mass is 79.9. The fourth-order valence-corrected chi connectivity index (χ4v) is 3.44. The normalized spacial score (nSPS) is 19.3. The lowest BCUT2D eigenvalue weighted by Crippen LogP contribution is -2.32. The van der Waals surface area contributed by atoms with Crippen LogP contribution in [-0.4, -0.2) is 11.2 Å². The van der Waals surface area contributed by atoms with Gasteiger partial charge in [0.1, 0.15) is 0 Å². The Kier molecular flexibility index (Phi) is 6.12. The summed E-state index contributed by atoms with van der Waals surface area (Å²) < 4.78 is 1.00. The minimum atomic E-state index is -0.420. The Morgan fingerprint density at radius 2 is 1.94 bits per heavy atom. The maximum absolute atomic E-state index is 10.3. The van der Waals surface area contributed by atoms with Gasteiger partial charge < -0.3 is 10.8 Å². The molecule has 1 saturated carbocycles. The predicted octanol–water partition coefficient (Wildman–Crippen LogP) is 3.73. The molecule has 2 nitrogen and oxygen atoms in total. The van der Waals surface area contributed by atoms with Crippen molar-refractivity contribution in [2.24, 2.45) is 11.7 Å². The van der Waals surface area contributed by atoms with Crippen LogP contribution in [0, 0.1) is 12.8 Å². The first-order valence-electron chi connectivity index (χ1n) is 6.29. The molecular formula is C14H21BrClNO. The molecule has 1 fully saturated rings. The van der Waals surface area contributed by atoms with Crippen LogP contribution in [0.15, 0.2) is 22.7 Å². The van der Waals surface area contributed by atoms with E-state index in [9.17, 15) is 5.11 Å². The minimum Gasteiger partial charge on any atom is -0.391 e. The number of benzene rings is 1. The highest BCUT2D eigenvalue weighted by molar-refractivity contribution is 9.10. The summed E-state index contributed by atoms with van der Waals surface area (Å²) >= 11 is 3.53. The third kappa shape index (κ3) is 3.47. The van der Waals surface area contributed by atoms with Gasteiger partial charge in [-0.2, -0.15) is 0 Å². The molecule has 1 aromatic rings. The number of nitrogens with two attached hydrogens (primary N) is 1. The third-order valence-electron chi connectivity index (χ3n) is 3.77. The molecular weight excluding hydrogens is 314 g/mol. The lowest BCUT2D eigenvalue weighted by molar-refractivity contribution is 0.0843. The van der Waals surface area contributed by atoms with Crippen molar-refractivity contribution in [2.75, 3.05) is 0 Å². The van der Waals surface area contributed by atoms with Crippen molar-refractivity contribution >= 4 is 28.3 Å². The molecule has 0 amide bonds. The average Bonchev–Trinajstić information content (AvgIpc) is 2.80. The monoisotopic (exact) mass is 333 g/mol. The Bertz CT molecular complexity index is 393. The summed E-state index contributed by atoms with van der Waals surface area (Å²) in [6.07, 6.45) is 4.25. The van der Waals surface area contributed by atoms with Crippen molar-refractivity contribution < 1.29 is 5.11 Å². The molecule has 0 saturated heterocycles. The van der Waals surface area contributed by atoms with Gasteiger partial charge in [-0.25, -0.2) is 0 Å². The quantitative estimate of drug-likeness (QED) is 0.884. The SMILES string of the molecule is Cc1ccc([C@@H](N)[C@@H](O)C2CCCC2)c(Br)c1.Cl. The molecule has 0 aliphatic heterocycles. The molecule has 0 heterocycles. The molecule has 18 heavy (non-hydrogen) atoms. The van der Waals surface area contributed by atoms with Gasteiger partial charge in [-0.3, -0.25) is 0 Å². The predicted molar refractivity (Wildman–Crippen MR) is 81.0 cm³/mol. The highest BCUT2D eigenvalue weighted by Gasteiger charge is 2.29. The van der Waals surface area contributed by atoms with Crippen LogP contribution in [0.1, 0.15) is 42.9 Å².